The molecule has 1 heterocycles. The van der Waals surface area contributed by atoms with E-state index in [1.807, 2.05) is 42.5 Å². The van der Waals surface area contributed by atoms with Crippen LogP contribution in [0, 0.1) is 0 Å². The van der Waals surface area contributed by atoms with Crippen molar-refractivity contribution in [3.05, 3.63) is 59.7 Å². The largest absolute Gasteiger partial charge is 0.493 e. The molecule has 1 aliphatic rings. The van der Waals surface area contributed by atoms with E-state index in [1.165, 1.54) is 4.90 Å². The average molecular weight is 470 g/mol. The first kappa shape index (κ1) is 25.0. The molecule has 1 fully saturated rings. The number of methoxy groups -OCH3 is 2. The number of rotatable bonds is 12. The molecule has 9 heteroatoms. The molecule has 0 aliphatic carbocycles. The highest BCUT2D eigenvalue weighted by Gasteiger charge is 2.37. The van der Waals surface area contributed by atoms with Gasteiger partial charge in [0.05, 0.1) is 26.9 Å². The Morgan fingerprint density at radius 2 is 1.82 bits per heavy atom. The number of urea groups is 1. The Kier molecular flexibility index (Phi) is 8.86. The third-order valence-electron chi connectivity index (χ3n) is 5.75. The zero-order valence-corrected chi connectivity index (χ0v) is 19.5. The lowest BCUT2D eigenvalue weighted by Crippen LogP contribution is -2.40. The maximum absolute atomic E-state index is 12.7. The fraction of sp³-hybridized carbons (Fsp3) is 0.400. The van der Waals surface area contributed by atoms with Crippen LogP contribution in [0.15, 0.2) is 48.5 Å². The van der Waals surface area contributed by atoms with Crippen LogP contribution in [0.25, 0.3) is 0 Å². The molecule has 3 N–H and O–H groups in total. The van der Waals surface area contributed by atoms with Gasteiger partial charge in [-0.25, -0.2) is 4.79 Å². The summed E-state index contributed by atoms with van der Waals surface area (Å²) in [5, 5.41) is 15.0. The third kappa shape index (κ3) is 6.48. The molecule has 0 saturated carbocycles. The van der Waals surface area contributed by atoms with E-state index in [9.17, 15) is 19.5 Å². The lowest BCUT2D eigenvalue weighted by molar-refractivity contribution is -0.127. The van der Waals surface area contributed by atoms with Gasteiger partial charge in [0.25, 0.3) is 5.91 Å². The molecule has 1 saturated heterocycles. The first-order valence-electron chi connectivity index (χ1n) is 11.2. The van der Waals surface area contributed by atoms with Crippen LogP contribution >= 0.6 is 0 Å². The van der Waals surface area contributed by atoms with Gasteiger partial charge in [0.15, 0.2) is 11.5 Å². The van der Waals surface area contributed by atoms with Crippen LogP contribution in [0.3, 0.4) is 0 Å². The minimum Gasteiger partial charge on any atom is -0.493 e. The van der Waals surface area contributed by atoms with Gasteiger partial charge in [0.1, 0.15) is 6.04 Å². The number of aliphatic hydroxyl groups is 1. The number of hydrogen-bond donors (Lipinski definition) is 3. The molecule has 182 valence electrons. The summed E-state index contributed by atoms with van der Waals surface area (Å²) in [6.45, 7) is 0.0240. The van der Waals surface area contributed by atoms with Gasteiger partial charge in [-0.3, -0.25) is 14.5 Å². The second-order valence-corrected chi connectivity index (χ2v) is 8.11. The molecule has 2 aromatic rings. The summed E-state index contributed by atoms with van der Waals surface area (Å²) in [4.78, 5) is 38.6. The van der Waals surface area contributed by atoms with Gasteiger partial charge in [-0.2, -0.15) is 0 Å². The number of ether oxygens (including phenoxy) is 2. The van der Waals surface area contributed by atoms with Gasteiger partial charge in [0.2, 0.25) is 5.91 Å². The minimum absolute atomic E-state index is 0.0610. The summed E-state index contributed by atoms with van der Waals surface area (Å²) >= 11 is 0. The van der Waals surface area contributed by atoms with Crippen LogP contribution in [0.2, 0.25) is 0 Å². The zero-order chi connectivity index (χ0) is 24.5. The van der Waals surface area contributed by atoms with Crippen molar-refractivity contribution in [3.63, 3.8) is 0 Å². The summed E-state index contributed by atoms with van der Waals surface area (Å²) in [6, 6.07) is 13.4. The molecule has 2 atom stereocenters. The maximum Gasteiger partial charge on any atom is 0.324 e. The van der Waals surface area contributed by atoms with Crippen LogP contribution in [0.4, 0.5) is 4.79 Å². The van der Waals surface area contributed by atoms with E-state index < -0.39 is 18.1 Å². The molecule has 0 bridgehead atoms. The number of nitrogens with zero attached hydrogens (tertiary/aromatic N) is 1. The molecule has 0 spiro atoms. The van der Waals surface area contributed by atoms with Gasteiger partial charge in [-0.15, -0.1) is 0 Å². The molecular weight excluding hydrogens is 438 g/mol. The van der Waals surface area contributed by atoms with Crippen molar-refractivity contribution < 1.29 is 29.0 Å². The minimum atomic E-state index is -0.745. The summed E-state index contributed by atoms with van der Waals surface area (Å²) in [7, 11) is 3.10. The normalized spacial score (nSPS) is 16.2. The van der Waals surface area contributed by atoms with Crippen molar-refractivity contribution in [1.29, 1.82) is 0 Å². The van der Waals surface area contributed by atoms with Crippen molar-refractivity contribution >= 4 is 17.8 Å². The maximum atomic E-state index is 12.7. The molecule has 9 nitrogen and oxygen atoms in total. The number of imide groups is 1. The summed E-state index contributed by atoms with van der Waals surface area (Å²) in [5.74, 6) is 0.559. The second kappa shape index (κ2) is 12.0. The number of benzene rings is 2. The fourth-order valence-corrected chi connectivity index (χ4v) is 3.90. The number of carbonyl (C=O) groups is 3. The van der Waals surface area contributed by atoms with E-state index in [0.717, 1.165) is 11.1 Å². The molecule has 0 aromatic heterocycles. The smallest absolute Gasteiger partial charge is 0.324 e. The van der Waals surface area contributed by atoms with E-state index in [0.29, 0.717) is 24.3 Å². The van der Waals surface area contributed by atoms with Gasteiger partial charge in [0, 0.05) is 13.0 Å². The van der Waals surface area contributed by atoms with E-state index >= 15 is 0 Å². The van der Waals surface area contributed by atoms with E-state index in [2.05, 4.69) is 10.6 Å². The average Bonchev–Trinajstić information content (AvgIpc) is 3.13. The summed E-state index contributed by atoms with van der Waals surface area (Å²) in [6.07, 6.45) is 1.22. The van der Waals surface area contributed by atoms with E-state index in [1.54, 1.807) is 20.3 Å². The van der Waals surface area contributed by atoms with Gasteiger partial charge in [-0.05, 0) is 42.5 Å². The molecule has 2 aromatic carbocycles. The molecule has 0 radical (unpaired) electrons. The van der Waals surface area contributed by atoms with Crippen molar-refractivity contribution in [2.75, 3.05) is 27.4 Å². The third-order valence-corrected chi connectivity index (χ3v) is 5.75. The standard InChI is InChI=1S/C25H31N3O6/c1-33-21-10-8-18(15-22(21)34-2)12-13-28-24(31)20(27-25(28)32)9-11-23(30)26-19(16-29)14-17-6-4-3-5-7-17/h3-8,10,15,19-20,29H,9,11-14,16H2,1-2H3,(H,26,30)(H,27,32). The molecule has 34 heavy (non-hydrogen) atoms. The lowest BCUT2D eigenvalue weighted by Gasteiger charge is -2.17. The monoisotopic (exact) mass is 469 g/mol. The Bertz CT molecular complexity index is 997. The molecule has 3 rings (SSSR count). The molecule has 1 aliphatic heterocycles. The predicted octanol–water partition coefficient (Wildman–Crippen LogP) is 1.67. The predicted molar refractivity (Wildman–Crippen MR) is 126 cm³/mol. The molecule has 2 unspecified atom stereocenters. The quantitative estimate of drug-likeness (QED) is 0.407. The first-order chi connectivity index (χ1) is 16.4. The highest BCUT2D eigenvalue weighted by molar-refractivity contribution is 6.04. The lowest BCUT2D eigenvalue weighted by atomic mass is 10.1. The van der Waals surface area contributed by atoms with Gasteiger partial charge >= 0.3 is 6.03 Å². The van der Waals surface area contributed by atoms with Crippen LogP contribution in [-0.4, -0.2) is 67.3 Å². The highest BCUT2D eigenvalue weighted by Crippen LogP contribution is 2.28. The number of amides is 4. The second-order valence-electron chi connectivity index (χ2n) is 8.11. The number of carbonyl (C=O) groups excluding carboxylic acids is 3. The fourth-order valence-electron chi connectivity index (χ4n) is 3.90. The van der Waals surface area contributed by atoms with E-state index in [4.69, 9.17) is 9.47 Å². The number of aliphatic hydroxyl groups excluding tert-OH is 1. The topological polar surface area (TPSA) is 117 Å². The number of nitrogens with one attached hydrogen (secondary N) is 2. The SMILES string of the molecule is COc1ccc(CCN2C(=O)NC(CCC(=O)NC(CO)Cc3ccccc3)C2=O)cc1OC. The Hall–Kier alpha value is -3.59. The van der Waals surface area contributed by atoms with Crippen LogP contribution in [-0.2, 0) is 22.4 Å². The Morgan fingerprint density at radius 3 is 2.50 bits per heavy atom. The van der Waals surface area contributed by atoms with Crippen LogP contribution in [0.1, 0.15) is 24.0 Å². The first-order valence-corrected chi connectivity index (χ1v) is 11.2. The Labute approximate surface area is 199 Å². The van der Waals surface area contributed by atoms with Crippen molar-refractivity contribution in [1.82, 2.24) is 15.5 Å². The highest BCUT2D eigenvalue weighted by atomic mass is 16.5. The Balaban J connectivity index is 1.48. The van der Waals surface area contributed by atoms with Crippen LogP contribution < -0.4 is 20.1 Å². The van der Waals surface area contributed by atoms with Crippen molar-refractivity contribution in [2.45, 2.75) is 37.8 Å². The van der Waals surface area contributed by atoms with Crippen molar-refractivity contribution in [3.8, 4) is 11.5 Å². The van der Waals surface area contributed by atoms with Crippen LogP contribution in [0.5, 0.6) is 11.5 Å². The molecular formula is C25H31N3O6. The summed E-state index contributed by atoms with van der Waals surface area (Å²) < 4.78 is 10.5. The van der Waals surface area contributed by atoms with Gasteiger partial charge < -0.3 is 25.2 Å². The zero-order valence-electron chi connectivity index (χ0n) is 19.5. The van der Waals surface area contributed by atoms with E-state index in [-0.39, 0.29) is 37.8 Å². The van der Waals surface area contributed by atoms with Crippen molar-refractivity contribution in [2.24, 2.45) is 0 Å². The Morgan fingerprint density at radius 1 is 1.09 bits per heavy atom. The number of hydrogen-bond acceptors (Lipinski definition) is 6. The van der Waals surface area contributed by atoms with Gasteiger partial charge in [-0.1, -0.05) is 36.4 Å². The molecule has 4 amide bonds. The summed E-state index contributed by atoms with van der Waals surface area (Å²) in [5.41, 5.74) is 1.90.